The molecule has 1 N–H and O–H groups in total. The first kappa shape index (κ1) is 27.8. The molecule has 11 heteroatoms. The molecular formula is C29H27F6N5. The van der Waals surface area contributed by atoms with Crippen molar-refractivity contribution in [2.24, 2.45) is 0 Å². The number of halogens is 6. The van der Waals surface area contributed by atoms with Gasteiger partial charge in [-0.2, -0.15) is 26.3 Å². The number of rotatable bonds is 6. The van der Waals surface area contributed by atoms with Crippen LogP contribution in [0, 0.1) is 0 Å². The summed E-state index contributed by atoms with van der Waals surface area (Å²) < 4.78 is 80.2. The topological polar surface area (TPSA) is 53.9 Å². The molecule has 5 nitrogen and oxygen atoms in total. The first-order valence-electron chi connectivity index (χ1n) is 13.0. The molecule has 1 aromatic carbocycles. The van der Waals surface area contributed by atoms with E-state index in [1.807, 2.05) is 13.1 Å². The number of nitrogens with one attached hydrogen (secondary N) is 1. The summed E-state index contributed by atoms with van der Waals surface area (Å²) in [6.45, 7) is 0.478. The quantitative estimate of drug-likeness (QED) is 0.241. The summed E-state index contributed by atoms with van der Waals surface area (Å²) in [6.07, 6.45) is -2.15. The van der Waals surface area contributed by atoms with Crippen LogP contribution in [0.5, 0.6) is 0 Å². The summed E-state index contributed by atoms with van der Waals surface area (Å²) in [6, 6.07) is 12.0. The third kappa shape index (κ3) is 6.19. The van der Waals surface area contributed by atoms with Crippen LogP contribution in [0.15, 0.2) is 60.8 Å². The number of aromatic nitrogens is 3. The number of fused-ring (bicyclic) bond motifs is 1. The number of hydrogen-bond acceptors (Lipinski definition) is 5. The first-order valence-corrected chi connectivity index (χ1v) is 13.0. The Hall–Kier alpha value is -3.73. The molecule has 210 valence electrons. The lowest BCUT2D eigenvalue weighted by Crippen LogP contribution is -2.33. The number of nitrogens with zero attached hydrogens (tertiary/aromatic N) is 4. The third-order valence-corrected chi connectivity index (χ3v) is 7.18. The van der Waals surface area contributed by atoms with Crippen LogP contribution in [0.1, 0.15) is 48.9 Å². The van der Waals surface area contributed by atoms with Crippen molar-refractivity contribution in [1.29, 1.82) is 0 Å². The molecule has 4 aromatic rings. The highest BCUT2D eigenvalue weighted by molar-refractivity contribution is 5.92. The van der Waals surface area contributed by atoms with Crippen molar-refractivity contribution in [1.82, 2.24) is 19.9 Å². The van der Waals surface area contributed by atoms with Crippen LogP contribution in [0.3, 0.4) is 0 Å². The summed E-state index contributed by atoms with van der Waals surface area (Å²) in [5.74, 6) is 0. The second kappa shape index (κ2) is 11.0. The Morgan fingerprint density at radius 2 is 1.60 bits per heavy atom. The molecule has 0 atom stereocenters. The van der Waals surface area contributed by atoms with E-state index in [4.69, 9.17) is 0 Å². The SMILES string of the molecule is CN(Cc1cc(Nc2ccc(C(F)(F)F)cc2)c2ccc(-c3ncccc3C(F)(F)F)nc2n1)C1CCCCC1. The second-order valence-electron chi connectivity index (χ2n) is 10.0. The van der Waals surface area contributed by atoms with Crippen LogP contribution in [0.4, 0.5) is 37.7 Å². The Bertz CT molecular complexity index is 1480. The number of benzene rings is 1. The van der Waals surface area contributed by atoms with Gasteiger partial charge in [0.1, 0.15) is 5.69 Å². The zero-order chi connectivity index (χ0) is 28.5. The average molecular weight is 560 g/mol. The van der Waals surface area contributed by atoms with E-state index in [0.717, 1.165) is 43.9 Å². The maximum atomic E-state index is 13.7. The molecule has 3 heterocycles. The lowest BCUT2D eigenvalue weighted by Gasteiger charge is -2.31. The molecule has 1 aliphatic rings. The summed E-state index contributed by atoms with van der Waals surface area (Å²) in [5.41, 5.74) is -0.162. The smallest absolute Gasteiger partial charge is 0.355 e. The van der Waals surface area contributed by atoms with Gasteiger partial charge in [-0.1, -0.05) is 19.3 Å². The molecule has 0 saturated heterocycles. The highest BCUT2D eigenvalue weighted by Gasteiger charge is 2.35. The van der Waals surface area contributed by atoms with Crippen LogP contribution in [0.25, 0.3) is 22.4 Å². The van der Waals surface area contributed by atoms with Crippen molar-refractivity contribution < 1.29 is 26.3 Å². The predicted octanol–water partition coefficient (Wildman–Crippen LogP) is 8.24. The maximum Gasteiger partial charge on any atom is 0.418 e. The Balaban J connectivity index is 1.56. The minimum Gasteiger partial charge on any atom is -0.355 e. The van der Waals surface area contributed by atoms with Crippen molar-refractivity contribution in [2.45, 2.75) is 57.0 Å². The number of anilines is 2. The zero-order valence-electron chi connectivity index (χ0n) is 21.7. The van der Waals surface area contributed by atoms with Crippen LogP contribution >= 0.6 is 0 Å². The highest BCUT2D eigenvalue weighted by atomic mass is 19.4. The number of pyridine rings is 3. The van der Waals surface area contributed by atoms with Crippen molar-refractivity contribution in [2.75, 3.05) is 12.4 Å². The van der Waals surface area contributed by atoms with Gasteiger partial charge in [-0.15, -0.1) is 0 Å². The summed E-state index contributed by atoms with van der Waals surface area (Å²) >= 11 is 0. The molecule has 0 bridgehead atoms. The van der Waals surface area contributed by atoms with Crippen molar-refractivity contribution in [3.05, 3.63) is 77.6 Å². The van der Waals surface area contributed by atoms with E-state index in [1.54, 1.807) is 6.07 Å². The number of alkyl halides is 6. The molecule has 3 aromatic heterocycles. The standard InChI is InChI=1S/C29H27F6N5/c1-40(21-6-3-2-4-7-21)17-20-16-25(37-19-11-9-18(10-12-19)28(30,31)32)22-13-14-24(39-27(22)38-20)26-23(29(33,34)35)8-5-15-36-26/h5,8-16,21H,2-4,6-7,17H2,1H3,(H,37,38,39). The molecular weight excluding hydrogens is 532 g/mol. The highest BCUT2D eigenvalue weighted by Crippen LogP contribution is 2.37. The summed E-state index contributed by atoms with van der Waals surface area (Å²) in [5, 5.41) is 3.66. The maximum absolute atomic E-state index is 13.7. The molecule has 1 aliphatic carbocycles. The van der Waals surface area contributed by atoms with Gasteiger partial charge < -0.3 is 5.32 Å². The van der Waals surface area contributed by atoms with Gasteiger partial charge in [0, 0.05) is 29.9 Å². The normalized spacial score (nSPS) is 15.1. The third-order valence-electron chi connectivity index (χ3n) is 7.18. The van der Waals surface area contributed by atoms with E-state index in [9.17, 15) is 26.3 Å². The van der Waals surface area contributed by atoms with Gasteiger partial charge in [-0.05, 0) is 74.5 Å². The number of hydrogen-bond donors (Lipinski definition) is 1. The fourth-order valence-corrected chi connectivity index (χ4v) is 5.12. The molecule has 0 unspecified atom stereocenters. The minimum atomic E-state index is -4.62. The van der Waals surface area contributed by atoms with Crippen LogP contribution in [-0.2, 0) is 18.9 Å². The van der Waals surface area contributed by atoms with Gasteiger partial charge in [-0.3, -0.25) is 9.88 Å². The lowest BCUT2D eigenvalue weighted by atomic mass is 9.94. The second-order valence-corrected chi connectivity index (χ2v) is 10.0. The van der Waals surface area contributed by atoms with Crippen molar-refractivity contribution >= 4 is 22.4 Å². The van der Waals surface area contributed by atoms with Crippen LogP contribution < -0.4 is 5.32 Å². The molecule has 0 amide bonds. The van der Waals surface area contributed by atoms with E-state index >= 15 is 0 Å². The molecule has 1 saturated carbocycles. The largest absolute Gasteiger partial charge is 0.418 e. The van der Waals surface area contributed by atoms with Crippen molar-refractivity contribution in [3.8, 4) is 11.4 Å². The molecule has 0 radical (unpaired) electrons. The van der Waals surface area contributed by atoms with E-state index in [0.29, 0.717) is 35.0 Å². The summed E-state index contributed by atoms with van der Waals surface area (Å²) in [7, 11) is 2.01. The molecule has 40 heavy (non-hydrogen) atoms. The zero-order valence-corrected chi connectivity index (χ0v) is 21.7. The molecule has 0 spiro atoms. The molecule has 1 fully saturated rings. The van der Waals surface area contributed by atoms with Crippen molar-refractivity contribution in [3.63, 3.8) is 0 Å². The minimum absolute atomic E-state index is 0.0196. The Kier molecular flexibility index (Phi) is 7.67. The van der Waals surface area contributed by atoms with Gasteiger partial charge in [0.05, 0.1) is 28.2 Å². The van der Waals surface area contributed by atoms with Gasteiger partial charge in [-0.25, -0.2) is 9.97 Å². The van der Waals surface area contributed by atoms with E-state index in [2.05, 4.69) is 25.2 Å². The van der Waals surface area contributed by atoms with E-state index in [1.165, 1.54) is 36.9 Å². The first-order chi connectivity index (χ1) is 19.0. The summed E-state index contributed by atoms with van der Waals surface area (Å²) in [4.78, 5) is 15.3. The fraction of sp³-hybridized carbons (Fsp3) is 0.345. The Morgan fingerprint density at radius 1 is 0.875 bits per heavy atom. The Morgan fingerprint density at radius 3 is 2.27 bits per heavy atom. The average Bonchev–Trinajstić information content (AvgIpc) is 2.92. The predicted molar refractivity (Wildman–Crippen MR) is 141 cm³/mol. The van der Waals surface area contributed by atoms with E-state index < -0.39 is 23.5 Å². The molecule has 0 aliphatic heterocycles. The lowest BCUT2D eigenvalue weighted by molar-refractivity contribution is -0.138. The van der Waals surface area contributed by atoms with Gasteiger partial charge in [0.15, 0.2) is 5.65 Å². The molecule has 5 rings (SSSR count). The van der Waals surface area contributed by atoms with E-state index in [-0.39, 0.29) is 17.0 Å². The Labute approximate surface area is 227 Å². The van der Waals surface area contributed by atoms with Gasteiger partial charge >= 0.3 is 12.4 Å². The van der Waals surface area contributed by atoms with Gasteiger partial charge in [0.25, 0.3) is 0 Å². The monoisotopic (exact) mass is 559 g/mol. The van der Waals surface area contributed by atoms with Crippen LogP contribution in [0.2, 0.25) is 0 Å². The fourth-order valence-electron chi connectivity index (χ4n) is 5.12. The van der Waals surface area contributed by atoms with Crippen LogP contribution in [-0.4, -0.2) is 32.9 Å². The van der Waals surface area contributed by atoms with Gasteiger partial charge in [0.2, 0.25) is 0 Å².